The Morgan fingerprint density at radius 3 is 2.47 bits per heavy atom. The van der Waals surface area contributed by atoms with Gasteiger partial charge in [-0.05, 0) is 38.3 Å². The van der Waals surface area contributed by atoms with Gasteiger partial charge in [-0.25, -0.2) is 4.79 Å². The maximum Gasteiger partial charge on any atom is 0.329 e. The number of carboxylic acids is 1. The van der Waals surface area contributed by atoms with Gasteiger partial charge in [0.1, 0.15) is 5.54 Å². The van der Waals surface area contributed by atoms with Crippen molar-refractivity contribution in [2.45, 2.75) is 32.2 Å². The van der Waals surface area contributed by atoms with Crippen LogP contribution in [0.15, 0.2) is 18.2 Å². The minimum absolute atomic E-state index is 0.300. The van der Waals surface area contributed by atoms with Gasteiger partial charge in [-0.2, -0.15) is 0 Å². The van der Waals surface area contributed by atoms with Crippen LogP contribution in [0.1, 0.15) is 34.3 Å². The van der Waals surface area contributed by atoms with Gasteiger partial charge in [0.25, 0.3) is 5.91 Å². The van der Waals surface area contributed by atoms with Gasteiger partial charge in [0.15, 0.2) is 0 Å². The van der Waals surface area contributed by atoms with Crippen LogP contribution in [0.2, 0.25) is 0 Å². The summed E-state index contributed by atoms with van der Waals surface area (Å²) in [5.41, 5.74) is 1.38. The van der Waals surface area contributed by atoms with E-state index in [4.69, 9.17) is 5.11 Å². The molecule has 0 aliphatic heterocycles. The van der Waals surface area contributed by atoms with Gasteiger partial charge in [0, 0.05) is 5.56 Å². The highest BCUT2D eigenvalue weighted by atomic mass is 16.4. The number of aryl methyl sites for hydroxylation is 2. The van der Waals surface area contributed by atoms with Crippen LogP contribution < -0.4 is 5.32 Å². The summed E-state index contributed by atoms with van der Waals surface area (Å²) in [5, 5.41) is 11.6. The first-order chi connectivity index (χ1) is 7.94. The molecule has 0 saturated heterocycles. The lowest BCUT2D eigenvalue weighted by Gasteiger charge is -2.14. The third kappa shape index (κ3) is 2.16. The molecule has 0 unspecified atom stereocenters. The third-order valence-electron chi connectivity index (χ3n) is 3.15. The molecule has 1 aliphatic carbocycles. The van der Waals surface area contributed by atoms with E-state index in [-0.39, 0.29) is 5.91 Å². The summed E-state index contributed by atoms with van der Waals surface area (Å²) in [7, 11) is 0. The van der Waals surface area contributed by atoms with E-state index in [1.54, 1.807) is 6.07 Å². The number of hydrogen-bond acceptors (Lipinski definition) is 2. The van der Waals surface area contributed by atoms with E-state index in [0.717, 1.165) is 11.1 Å². The van der Waals surface area contributed by atoms with Crippen molar-refractivity contribution in [3.8, 4) is 0 Å². The second kappa shape index (κ2) is 3.87. The second-order valence-electron chi connectivity index (χ2n) is 4.66. The molecule has 2 rings (SSSR count). The van der Waals surface area contributed by atoms with Crippen molar-refractivity contribution in [2.24, 2.45) is 0 Å². The molecule has 1 saturated carbocycles. The molecule has 0 atom stereocenters. The first-order valence-corrected chi connectivity index (χ1v) is 5.58. The minimum atomic E-state index is -1.02. The fourth-order valence-corrected chi connectivity index (χ4v) is 1.78. The smallest absolute Gasteiger partial charge is 0.329 e. The lowest BCUT2D eigenvalue weighted by Crippen LogP contribution is -2.43. The lowest BCUT2D eigenvalue weighted by atomic mass is 10.0. The van der Waals surface area contributed by atoms with Gasteiger partial charge in [-0.1, -0.05) is 17.7 Å². The monoisotopic (exact) mass is 233 g/mol. The summed E-state index contributed by atoms with van der Waals surface area (Å²) in [6, 6.07) is 5.57. The number of hydrogen-bond donors (Lipinski definition) is 2. The third-order valence-corrected chi connectivity index (χ3v) is 3.15. The molecular formula is C13H15NO3. The Bertz CT molecular complexity index is 489. The zero-order valence-corrected chi connectivity index (χ0v) is 9.91. The number of nitrogens with one attached hydrogen (secondary N) is 1. The van der Waals surface area contributed by atoms with Crippen LogP contribution in [-0.2, 0) is 4.79 Å². The molecule has 1 fully saturated rings. The molecule has 17 heavy (non-hydrogen) atoms. The molecule has 1 aliphatic rings. The van der Waals surface area contributed by atoms with Crippen molar-refractivity contribution in [3.63, 3.8) is 0 Å². The van der Waals surface area contributed by atoms with Gasteiger partial charge < -0.3 is 10.4 Å². The van der Waals surface area contributed by atoms with Crippen molar-refractivity contribution in [3.05, 3.63) is 34.9 Å². The predicted octanol–water partition coefficient (Wildman–Crippen LogP) is 1.65. The first kappa shape index (κ1) is 11.6. The molecule has 1 aromatic rings. The van der Waals surface area contributed by atoms with Crippen LogP contribution in [0.25, 0.3) is 0 Å². The zero-order valence-electron chi connectivity index (χ0n) is 9.91. The van der Waals surface area contributed by atoms with Crippen molar-refractivity contribution >= 4 is 11.9 Å². The Labute approximate surface area is 99.6 Å². The molecule has 90 valence electrons. The Morgan fingerprint density at radius 1 is 1.29 bits per heavy atom. The topological polar surface area (TPSA) is 66.4 Å². The number of carboxylic acid groups (broad SMARTS) is 1. The van der Waals surface area contributed by atoms with E-state index in [1.165, 1.54) is 0 Å². The molecule has 2 N–H and O–H groups in total. The highest BCUT2D eigenvalue weighted by Crippen LogP contribution is 2.35. The molecule has 1 aromatic carbocycles. The fraction of sp³-hybridized carbons (Fsp3) is 0.385. The SMILES string of the molecule is Cc1ccc(C)c(C(=O)NC2(C(=O)O)CC2)c1. The highest BCUT2D eigenvalue weighted by Gasteiger charge is 2.51. The van der Waals surface area contributed by atoms with Crippen LogP contribution in [0, 0.1) is 13.8 Å². The minimum Gasteiger partial charge on any atom is -0.480 e. The van der Waals surface area contributed by atoms with Gasteiger partial charge in [-0.15, -0.1) is 0 Å². The highest BCUT2D eigenvalue weighted by molar-refractivity contribution is 6.00. The van der Waals surface area contributed by atoms with E-state index in [9.17, 15) is 9.59 Å². The van der Waals surface area contributed by atoms with Crippen LogP contribution >= 0.6 is 0 Å². The molecular weight excluding hydrogens is 218 g/mol. The molecule has 4 heteroatoms. The van der Waals surface area contributed by atoms with E-state index >= 15 is 0 Å². The largest absolute Gasteiger partial charge is 0.480 e. The zero-order chi connectivity index (χ0) is 12.6. The molecule has 0 radical (unpaired) electrons. The number of aliphatic carboxylic acids is 1. The van der Waals surface area contributed by atoms with Crippen molar-refractivity contribution in [1.82, 2.24) is 5.32 Å². The summed E-state index contributed by atoms with van der Waals surface area (Å²) in [4.78, 5) is 23.0. The average molecular weight is 233 g/mol. The van der Waals surface area contributed by atoms with Gasteiger partial charge in [0.2, 0.25) is 0 Å². The first-order valence-electron chi connectivity index (χ1n) is 5.58. The van der Waals surface area contributed by atoms with E-state index in [1.807, 2.05) is 26.0 Å². The Balaban J connectivity index is 2.21. The second-order valence-corrected chi connectivity index (χ2v) is 4.66. The normalized spacial score (nSPS) is 16.4. The summed E-state index contributed by atoms with van der Waals surface area (Å²) in [6.45, 7) is 3.75. The van der Waals surface area contributed by atoms with Crippen LogP contribution in [0.3, 0.4) is 0 Å². The number of amides is 1. The van der Waals surface area contributed by atoms with Crippen molar-refractivity contribution in [1.29, 1.82) is 0 Å². The molecule has 0 bridgehead atoms. The number of benzene rings is 1. The van der Waals surface area contributed by atoms with Crippen molar-refractivity contribution in [2.75, 3.05) is 0 Å². The lowest BCUT2D eigenvalue weighted by molar-refractivity contribution is -0.140. The Morgan fingerprint density at radius 2 is 1.94 bits per heavy atom. The molecule has 0 spiro atoms. The molecule has 4 nitrogen and oxygen atoms in total. The van der Waals surface area contributed by atoms with Gasteiger partial charge in [0.05, 0.1) is 0 Å². The Hall–Kier alpha value is -1.84. The van der Waals surface area contributed by atoms with E-state index in [0.29, 0.717) is 18.4 Å². The van der Waals surface area contributed by atoms with Gasteiger partial charge >= 0.3 is 5.97 Å². The Kier molecular flexibility index (Phi) is 2.65. The summed E-state index contributed by atoms with van der Waals surface area (Å²) >= 11 is 0. The summed E-state index contributed by atoms with van der Waals surface area (Å²) < 4.78 is 0. The standard InChI is InChI=1S/C13H15NO3/c1-8-3-4-9(2)10(7-8)11(15)14-13(5-6-13)12(16)17/h3-4,7H,5-6H2,1-2H3,(H,14,15)(H,16,17). The molecule has 0 heterocycles. The quantitative estimate of drug-likeness (QED) is 0.834. The van der Waals surface area contributed by atoms with E-state index in [2.05, 4.69) is 5.32 Å². The molecule has 0 aromatic heterocycles. The average Bonchev–Trinajstić information content (AvgIpc) is 3.02. The van der Waals surface area contributed by atoms with Crippen molar-refractivity contribution < 1.29 is 14.7 Å². The van der Waals surface area contributed by atoms with Crippen LogP contribution in [0.5, 0.6) is 0 Å². The number of rotatable bonds is 3. The molecule has 1 amide bonds. The summed E-state index contributed by atoms with van der Waals surface area (Å²) in [5.74, 6) is -1.25. The van der Waals surface area contributed by atoms with Crippen LogP contribution in [0.4, 0.5) is 0 Å². The van der Waals surface area contributed by atoms with E-state index < -0.39 is 11.5 Å². The number of carbonyl (C=O) groups is 2. The van der Waals surface area contributed by atoms with Gasteiger partial charge in [-0.3, -0.25) is 4.79 Å². The van der Waals surface area contributed by atoms with Crippen LogP contribution in [-0.4, -0.2) is 22.5 Å². The maximum atomic E-state index is 12.0. The summed E-state index contributed by atoms with van der Waals surface area (Å²) in [6.07, 6.45) is 1.03. The maximum absolute atomic E-state index is 12.0. The number of carbonyl (C=O) groups excluding carboxylic acids is 1. The predicted molar refractivity (Wildman–Crippen MR) is 63.0 cm³/mol. The fourth-order valence-electron chi connectivity index (χ4n) is 1.78.